The van der Waals surface area contributed by atoms with Crippen LogP contribution in [0.1, 0.15) is 48.2 Å². The van der Waals surface area contributed by atoms with Gasteiger partial charge in [-0.05, 0) is 53.4 Å². The molecule has 2 fully saturated rings. The van der Waals surface area contributed by atoms with Crippen molar-refractivity contribution in [1.82, 2.24) is 4.90 Å². The van der Waals surface area contributed by atoms with E-state index in [0.29, 0.717) is 28.5 Å². The Hall–Kier alpha value is -3.46. The van der Waals surface area contributed by atoms with E-state index >= 15 is 4.39 Å². The lowest BCUT2D eigenvalue weighted by Gasteiger charge is -2.43. The van der Waals surface area contributed by atoms with Crippen LogP contribution >= 0.6 is 23.2 Å². The van der Waals surface area contributed by atoms with Crippen molar-refractivity contribution in [3.63, 3.8) is 0 Å². The van der Waals surface area contributed by atoms with E-state index in [0.717, 1.165) is 0 Å². The Morgan fingerprint density at radius 3 is 2.46 bits per heavy atom. The highest BCUT2D eigenvalue weighted by Crippen LogP contribution is 2.62. The zero-order chi connectivity index (χ0) is 29.4. The van der Waals surface area contributed by atoms with Gasteiger partial charge in [0.2, 0.25) is 11.8 Å². The summed E-state index contributed by atoms with van der Waals surface area (Å²) in [6.45, 7) is 6.83. The number of nitrogens with zero attached hydrogens (tertiary/aromatic N) is 2. The van der Waals surface area contributed by atoms with Crippen LogP contribution in [0, 0.1) is 17.2 Å². The van der Waals surface area contributed by atoms with Crippen molar-refractivity contribution in [3.8, 4) is 0 Å². The van der Waals surface area contributed by atoms with Crippen molar-refractivity contribution in [2.24, 2.45) is 11.3 Å². The second kappa shape index (κ2) is 9.54. The molecule has 0 saturated carbocycles. The minimum atomic E-state index is -1.40. The number of rotatable bonds is 4. The lowest BCUT2D eigenvalue weighted by Crippen LogP contribution is -2.56. The Bertz CT molecular complexity index is 1610. The second-order valence-corrected chi connectivity index (χ2v) is 13.0. The van der Waals surface area contributed by atoms with Crippen LogP contribution in [0.3, 0.4) is 0 Å². The second-order valence-electron chi connectivity index (χ2n) is 12.1. The predicted octanol–water partition coefficient (Wildman–Crippen LogP) is 6.16. The van der Waals surface area contributed by atoms with Gasteiger partial charge in [-0.15, -0.1) is 0 Å². The molecule has 0 bridgehead atoms. The monoisotopic (exact) mass is 595 g/mol. The van der Waals surface area contributed by atoms with Gasteiger partial charge in [0, 0.05) is 47.0 Å². The van der Waals surface area contributed by atoms with E-state index in [1.54, 1.807) is 47.4 Å². The largest absolute Gasteiger partial charge is 0.478 e. The van der Waals surface area contributed by atoms with Crippen molar-refractivity contribution in [1.29, 1.82) is 0 Å². The summed E-state index contributed by atoms with van der Waals surface area (Å²) < 4.78 is 16.0. The van der Waals surface area contributed by atoms with Gasteiger partial charge in [-0.2, -0.15) is 0 Å². The Balaban J connectivity index is 1.59. The van der Waals surface area contributed by atoms with Gasteiger partial charge >= 0.3 is 5.97 Å². The third-order valence-electron chi connectivity index (χ3n) is 8.37. The molecule has 41 heavy (non-hydrogen) atoms. The number of likely N-dealkylation sites (tertiary alicyclic amines) is 1. The van der Waals surface area contributed by atoms with Crippen LogP contribution in [-0.2, 0) is 15.1 Å². The summed E-state index contributed by atoms with van der Waals surface area (Å²) in [6, 6.07) is 15.5. The zero-order valence-corrected chi connectivity index (χ0v) is 24.1. The van der Waals surface area contributed by atoms with Crippen LogP contribution in [0.25, 0.3) is 0 Å². The zero-order valence-electron chi connectivity index (χ0n) is 22.6. The number of benzene rings is 3. The summed E-state index contributed by atoms with van der Waals surface area (Å²) in [5.41, 5.74) is 0.302. The van der Waals surface area contributed by atoms with Crippen LogP contribution in [0.15, 0.2) is 60.7 Å². The summed E-state index contributed by atoms with van der Waals surface area (Å²) in [7, 11) is 0. The normalized spacial score (nSPS) is 25.5. The van der Waals surface area contributed by atoms with E-state index in [2.05, 4.69) is 31.0 Å². The molecule has 3 aliphatic heterocycles. The van der Waals surface area contributed by atoms with Crippen molar-refractivity contribution in [2.75, 3.05) is 23.3 Å². The number of anilines is 2. The first-order valence-corrected chi connectivity index (χ1v) is 14.1. The molecule has 10 heteroatoms. The van der Waals surface area contributed by atoms with Gasteiger partial charge in [-0.3, -0.25) is 14.5 Å². The van der Waals surface area contributed by atoms with E-state index in [1.807, 2.05) is 0 Å². The maximum atomic E-state index is 16.0. The number of aromatic carboxylic acids is 1. The average Bonchev–Trinajstić information content (AvgIpc) is 3.48. The lowest BCUT2D eigenvalue weighted by atomic mass is 9.71. The third-order valence-corrected chi connectivity index (χ3v) is 8.90. The molecule has 0 aliphatic carbocycles. The summed E-state index contributed by atoms with van der Waals surface area (Å²) >= 11 is 12.6. The molecule has 7 nitrogen and oxygen atoms in total. The molecule has 2 amide bonds. The summed E-state index contributed by atoms with van der Waals surface area (Å²) in [4.78, 5) is 43.8. The number of fused-ring (bicyclic) bond motifs is 3. The molecule has 0 aromatic heterocycles. The van der Waals surface area contributed by atoms with E-state index in [-0.39, 0.29) is 39.9 Å². The van der Waals surface area contributed by atoms with Crippen LogP contribution in [0.2, 0.25) is 10.0 Å². The molecule has 3 heterocycles. The molecule has 3 aliphatic rings. The predicted molar refractivity (Wildman–Crippen MR) is 155 cm³/mol. The molecule has 2 N–H and O–H groups in total. The number of hydrogen-bond acceptors (Lipinski definition) is 4. The van der Waals surface area contributed by atoms with Gasteiger partial charge in [0.05, 0.1) is 16.5 Å². The molecule has 0 unspecified atom stereocenters. The molecule has 6 rings (SSSR count). The third kappa shape index (κ3) is 4.15. The number of amides is 2. The molecule has 3 aromatic rings. The quantitative estimate of drug-likeness (QED) is 0.377. The number of carboxylic acid groups (broad SMARTS) is 1. The highest BCUT2D eigenvalue weighted by molar-refractivity contribution is 6.31. The van der Waals surface area contributed by atoms with E-state index in [4.69, 9.17) is 23.2 Å². The van der Waals surface area contributed by atoms with Crippen molar-refractivity contribution in [2.45, 2.75) is 38.3 Å². The lowest BCUT2D eigenvalue weighted by molar-refractivity contribution is -0.128. The smallest absolute Gasteiger partial charge is 0.335 e. The van der Waals surface area contributed by atoms with Gasteiger partial charge in [0.25, 0.3) is 0 Å². The van der Waals surface area contributed by atoms with Gasteiger partial charge in [0.15, 0.2) is 0 Å². The number of carbonyl (C=O) groups is 3. The fourth-order valence-electron chi connectivity index (χ4n) is 6.93. The van der Waals surface area contributed by atoms with Gasteiger partial charge in [0.1, 0.15) is 11.4 Å². The van der Waals surface area contributed by atoms with Crippen LogP contribution < -0.4 is 10.2 Å². The SMILES string of the molecule is CC(C)(C)CN1[C@H]2CN(c3ccc(C(=O)O)cc3)C(=O)[C@H]2[C@H](c2cccc(Cl)c2F)[C@]12C(=O)Nc1cc(Cl)ccc12. The van der Waals surface area contributed by atoms with Crippen LogP contribution in [0.5, 0.6) is 0 Å². The highest BCUT2D eigenvalue weighted by Gasteiger charge is 2.71. The number of halogens is 3. The van der Waals surface area contributed by atoms with Crippen LogP contribution in [-0.4, -0.2) is 46.9 Å². The number of carbonyl (C=O) groups excluding carboxylic acids is 2. The first-order valence-electron chi connectivity index (χ1n) is 13.3. The Labute approximate surface area is 246 Å². The van der Waals surface area contributed by atoms with Crippen LogP contribution in [0.4, 0.5) is 15.8 Å². The van der Waals surface area contributed by atoms with Gasteiger partial charge in [-0.1, -0.05) is 62.2 Å². The van der Waals surface area contributed by atoms with Crippen molar-refractivity contribution < 1.29 is 23.9 Å². The summed E-state index contributed by atoms with van der Waals surface area (Å²) in [5, 5.41) is 12.7. The first kappa shape index (κ1) is 27.7. The Morgan fingerprint density at radius 2 is 1.80 bits per heavy atom. The topological polar surface area (TPSA) is 90.0 Å². The Kier molecular flexibility index (Phi) is 6.45. The highest BCUT2D eigenvalue weighted by atomic mass is 35.5. The fraction of sp³-hybridized carbons (Fsp3) is 0.323. The van der Waals surface area contributed by atoms with E-state index < -0.39 is 35.2 Å². The van der Waals surface area contributed by atoms with Gasteiger partial charge < -0.3 is 15.3 Å². The average molecular weight is 596 g/mol. The number of hydrogen-bond donors (Lipinski definition) is 2. The maximum Gasteiger partial charge on any atom is 0.335 e. The summed E-state index contributed by atoms with van der Waals surface area (Å²) in [6.07, 6.45) is 0. The molecule has 212 valence electrons. The number of carboxylic acids is 1. The van der Waals surface area contributed by atoms with Crippen molar-refractivity contribution in [3.05, 3.63) is 93.2 Å². The summed E-state index contributed by atoms with van der Waals surface area (Å²) in [5.74, 6) is -4.05. The first-order chi connectivity index (χ1) is 19.3. The van der Waals surface area contributed by atoms with Gasteiger partial charge in [-0.25, -0.2) is 9.18 Å². The molecular weight excluding hydrogens is 568 g/mol. The molecule has 4 atom stereocenters. The minimum absolute atomic E-state index is 0.0928. The standard InChI is InChI=1S/C31H28Cl2FN3O4/c1-30(2,3)15-37-23-14-36(18-10-7-16(8-11-18)28(39)40)27(38)24(23)25(19-5-4-6-21(33)26(19)34)31(37)20-12-9-17(32)13-22(20)35-29(31)41/h4-13,23-25H,14-15H2,1-3H3,(H,35,41)(H,39,40)/t23-,24+,25-,31+/m0/s1. The molecule has 3 aromatic carbocycles. The maximum absolute atomic E-state index is 16.0. The molecular formula is C31H28Cl2FN3O4. The molecule has 0 radical (unpaired) electrons. The minimum Gasteiger partial charge on any atom is -0.478 e. The fourth-order valence-corrected chi connectivity index (χ4v) is 7.28. The van der Waals surface area contributed by atoms with Crippen molar-refractivity contribution >= 4 is 52.4 Å². The molecule has 1 spiro atoms. The molecule has 2 saturated heterocycles. The Morgan fingerprint density at radius 1 is 1.10 bits per heavy atom. The number of nitrogens with one attached hydrogen (secondary N) is 1. The van der Waals surface area contributed by atoms with E-state index in [9.17, 15) is 19.5 Å². The van der Waals surface area contributed by atoms with E-state index in [1.165, 1.54) is 18.2 Å².